The first kappa shape index (κ1) is 20.5. The summed E-state index contributed by atoms with van der Waals surface area (Å²) in [6, 6.07) is 11.6. The Morgan fingerprint density at radius 3 is 2.55 bits per heavy atom. The number of hydrogen-bond acceptors (Lipinski definition) is 2. The lowest BCUT2D eigenvalue weighted by Gasteiger charge is -2.53. The Kier molecular flexibility index (Phi) is 4.88. The van der Waals surface area contributed by atoms with Gasteiger partial charge in [0.1, 0.15) is 0 Å². The zero-order valence-electron chi connectivity index (χ0n) is 19.9. The van der Waals surface area contributed by atoms with Crippen LogP contribution in [0, 0.1) is 11.8 Å². The van der Waals surface area contributed by atoms with Gasteiger partial charge in [-0.1, -0.05) is 56.7 Å². The molecule has 3 nitrogen and oxygen atoms in total. The predicted octanol–water partition coefficient (Wildman–Crippen LogP) is 6.83. The molecule has 7 rings (SSSR count). The fourth-order valence-electron chi connectivity index (χ4n) is 9.05. The molecule has 3 saturated carbocycles. The van der Waals surface area contributed by atoms with Crippen LogP contribution in [0.15, 0.2) is 37.4 Å². The third-order valence-electron chi connectivity index (χ3n) is 10.1. The summed E-state index contributed by atoms with van der Waals surface area (Å²) in [5.74, 6) is 1.64. The Bertz CT molecular complexity index is 1080. The van der Waals surface area contributed by atoms with E-state index in [4.69, 9.17) is 4.74 Å². The molecule has 5 aliphatic rings. The zero-order valence-corrected chi connectivity index (χ0v) is 19.9. The first-order chi connectivity index (χ1) is 16.3. The number of aromatic nitrogens is 1. The summed E-state index contributed by atoms with van der Waals surface area (Å²) in [5, 5.41) is 1.32. The van der Waals surface area contributed by atoms with Crippen molar-refractivity contribution < 1.29 is 4.74 Å². The summed E-state index contributed by atoms with van der Waals surface area (Å²) in [7, 11) is 0. The van der Waals surface area contributed by atoms with E-state index < -0.39 is 0 Å². The predicted molar refractivity (Wildman–Crippen MR) is 136 cm³/mol. The monoisotopic (exact) mass is 442 g/mol. The molecule has 3 heterocycles. The van der Waals surface area contributed by atoms with Crippen molar-refractivity contribution in [2.24, 2.45) is 11.8 Å². The Balaban J connectivity index is 1.27. The van der Waals surface area contributed by atoms with Crippen molar-refractivity contribution in [3.63, 3.8) is 0 Å². The molecule has 0 N–H and O–H groups in total. The van der Waals surface area contributed by atoms with Crippen LogP contribution in [0.4, 0.5) is 0 Å². The standard InChI is InChI=1S/C30H38N2O/c1-3-20-21-10-5-6-12-25(21)31(24(20)4-2)19-16-17-26-23(18-19)22-11-9-15-29-30(22)32(26)27-13-7-8-14-28(27)33-29/h3-6,10,12,19,22-23,26-30H,1-2,7-9,11,13-18H2. The molecule has 1 aromatic heterocycles. The van der Waals surface area contributed by atoms with Crippen LogP contribution in [0.5, 0.6) is 0 Å². The van der Waals surface area contributed by atoms with E-state index in [0.717, 1.165) is 17.9 Å². The number of para-hydroxylation sites is 1. The van der Waals surface area contributed by atoms with Gasteiger partial charge in [0.15, 0.2) is 0 Å². The molecule has 5 fully saturated rings. The highest BCUT2D eigenvalue weighted by atomic mass is 16.5. The minimum absolute atomic E-state index is 0.496. The van der Waals surface area contributed by atoms with E-state index in [2.05, 4.69) is 53.0 Å². The van der Waals surface area contributed by atoms with Crippen molar-refractivity contribution in [2.75, 3.05) is 0 Å². The summed E-state index contributed by atoms with van der Waals surface area (Å²) in [6.07, 6.45) is 18.5. The lowest BCUT2D eigenvalue weighted by atomic mass is 9.71. The Labute approximate surface area is 198 Å². The number of fused-ring (bicyclic) bond motifs is 6. The van der Waals surface area contributed by atoms with Crippen molar-refractivity contribution in [2.45, 2.75) is 101 Å². The van der Waals surface area contributed by atoms with E-state index in [1.165, 1.54) is 86.4 Å². The van der Waals surface area contributed by atoms with E-state index >= 15 is 0 Å². The second-order valence-corrected chi connectivity index (χ2v) is 11.4. The summed E-state index contributed by atoms with van der Waals surface area (Å²) in [5.41, 5.74) is 3.88. The molecule has 174 valence electrons. The molecular weight excluding hydrogens is 404 g/mol. The van der Waals surface area contributed by atoms with Gasteiger partial charge in [0.05, 0.1) is 12.2 Å². The minimum atomic E-state index is 0.496. The molecule has 2 aromatic rings. The molecule has 8 unspecified atom stereocenters. The molecule has 3 aliphatic carbocycles. The molecule has 1 aromatic carbocycles. The van der Waals surface area contributed by atoms with Crippen molar-refractivity contribution >= 4 is 23.1 Å². The number of morpholine rings is 1. The summed E-state index contributed by atoms with van der Waals surface area (Å²) in [4.78, 5) is 3.07. The van der Waals surface area contributed by atoms with Gasteiger partial charge in [-0.3, -0.25) is 4.90 Å². The van der Waals surface area contributed by atoms with Crippen LogP contribution >= 0.6 is 0 Å². The summed E-state index contributed by atoms with van der Waals surface area (Å²) in [6.45, 7) is 8.37. The van der Waals surface area contributed by atoms with E-state index in [0.29, 0.717) is 30.3 Å². The van der Waals surface area contributed by atoms with Crippen LogP contribution in [0.25, 0.3) is 23.1 Å². The maximum atomic E-state index is 6.83. The average molecular weight is 443 g/mol. The largest absolute Gasteiger partial charge is 0.372 e. The van der Waals surface area contributed by atoms with Gasteiger partial charge in [-0.15, -0.1) is 0 Å². The van der Waals surface area contributed by atoms with Crippen molar-refractivity contribution in [3.05, 3.63) is 48.7 Å². The molecule has 0 bridgehead atoms. The van der Waals surface area contributed by atoms with Gasteiger partial charge >= 0.3 is 0 Å². The number of hydrogen-bond donors (Lipinski definition) is 0. The van der Waals surface area contributed by atoms with Gasteiger partial charge in [-0.2, -0.15) is 0 Å². The molecule has 3 heteroatoms. The lowest BCUT2D eigenvalue weighted by Crippen LogP contribution is -2.63. The molecule has 8 atom stereocenters. The highest BCUT2D eigenvalue weighted by Gasteiger charge is 2.60. The van der Waals surface area contributed by atoms with E-state index in [1.807, 2.05) is 6.08 Å². The average Bonchev–Trinajstić information content (AvgIpc) is 3.37. The van der Waals surface area contributed by atoms with Gasteiger partial charge in [0.25, 0.3) is 0 Å². The molecule has 33 heavy (non-hydrogen) atoms. The van der Waals surface area contributed by atoms with Gasteiger partial charge in [-0.25, -0.2) is 0 Å². The van der Waals surface area contributed by atoms with E-state index in [-0.39, 0.29) is 0 Å². The Morgan fingerprint density at radius 1 is 0.818 bits per heavy atom. The van der Waals surface area contributed by atoms with Crippen LogP contribution < -0.4 is 0 Å². The second kappa shape index (κ2) is 7.85. The molecular formula is C30H38N2O. The minimum Gasteiger partial charge on any atom is -0.372 e. The van der Waals surface area contributed by atoms with Crippen molar-refractivity contribution in [1.82, 2.24) is 9.47 Å². The van der Waals surface area contributed by atoms with Crippen LogP contribution in [0.2, 0.25) is 0 Å². The first-order valence-corrected chi connectivity index (χ1v) is 13.6. The van der Waals surface area contributed by atoms with Gasteiger partial charge in [-0.05, 0) is 68.9 Å². The van der Waals surface area contributed by atoms with E-state index in [9.17, 15) is 0 Å². The number of rotatable bonds is 3. The highest BCUT2D eigenvalue weighted by Crippen LogP contribution is 2.56. The second-order valence-electron chi connectivity index (χ2n) is 11.4. The van der Waals surface area contributed by atoms with Gasteiger partial charge in [0, 0.05) is 46.3 Å². The fraction of sp³-hybridized carbons (Fsp3) is 0.600. The molecule has 2 saturated heterocycles. The lowest BCUT2D eigenvalue weighted by molar-refractivity contribution is -0.177. The van der Waals surface area contributed by atoms with Gasteiger partial charge in [0.2, 0.25) is 0 Å². The highest BCUT2D eigenvalue weighted by molar-refractivity contribution is 5.93. The maximum Gasteiger partial charge on any atom is 0.0737 e. The van der Waals surface area contributed by atoms with Crippen LogP contribution in [-0.2, 0) is 4.74 Å². The number of benzene rings is 1. The quantitative estimate of drug-likeness (QED) is 0.518. The Morgan fingerprint density at radius 2 is 1.67 bits per heavy atom. The number of nitrogens with zero attached hydrogens (tertiary/aromatic N) is 2. The molecule has 2 aliphatic heterocycles. The summed E-state index contributed by atoms with van der Waals surface area (Å²) < 4.78 is 9.47. The molecule has 0 spiro atoms. The normalized spacial score (nSPS) is 40.1. The fourth-order valence-corrected chi connectivity index (χ4v) is 9.05. The van der Waals surface area contributed by atoms with Crippen LogP contribution in [0.3, 0.4) is 0 Å². The van der Waals surface area contributed by atoms with Crippen LogP contribution in [0.1, 0.15) is 81.5 Å². The number of ether oxygens (including phenoxy) is 1. The smallest absolute Gasteiger partial charge is 0.0737 e. The van der Waals surface area contributed by atoms with Crippen molar-refractivity contribution in [1.29, 1.82) is 0 Å². The van der Waals surface area contributed by atoms with Crippen LogP contribution in [-0.4, -0.2) is 39.8 Å². The van der Waals surface area contributed by atoms with Crippen molar-refractivity contribution in [3.8, 4) is 0 Å². The van der Waals surface area contributed by atoms with E-state index in [1.54, 1.807) is 0 Å². The zero-order chi connectivity index (χ0) is 22.1. The maximum absolute atomic E-state index is 6.83. The topological polar surface area (TPSA) is 17.4 Å². The Hall–Kier alpha value is -1.84. The summed E-state index contributed by atoms with van der Waals surface area (Å²) >= 11 is 0. The molecule has 0 amide bonds. The van der Waals surface area contributed by atoms with Gasteiger partial charge < -0.3 is 9.30 Å². The third kappa shape index (κ3) is 2.88. The first-order valence-electron chi connectivity index (χ1n) is 13.6. The third-order valence-corrected chi connectivity index (χ3v) is 10.1. The molecule has 0 radical (unpaired) electrons. The SMILES string of the molecule is C=Cc1c(C=C)n(C2CCC3C(C2)C2CCCC4OC5CCCCC5N3C42)c2ccccc12.